The van der Waals surface area contributed by atoms with Gasteiger partial charge in [0, 0.05) is 16.0 Å². The summed E-state index contributed by atoms with van der Waals surface area (Å²) in [6.45, 7) is 0.129. The van der Waals surface area contributed by atoms with Gasteiger partial charge in [0.05, 0.1) is 10.7 Å². The maximum absolute atomic E-state index is 12.4. The Kier molecular flexibility index (Phi) is 5.85. The average molecular weight is 445 g/mol. The van der Waals surface area contributed by atoms with Gasteiger partial charge in [-0.2, -0.15) is 0 Å². The predicted octanol–water partition coefficient (Wildman–Crippen LogP) is 6.54. The predicted molar refractivity (Wildman–Crippen MR) is 115 cm³/mol. The Morgan fingerprint density at radius 3 is 2.72 bits per heavy atom. The molecule has 29 heavy (non-hydrogen) atoms. The molecule has 0 aliphatic rings. The summed E-state index contributed by atoms with van der Waals surface area (Å²) in [6, 6.07) is 18.0. The number of carbonyl (C=O) groups is 1. The second-order valence-corrected chi connectivity index (χ2v) is 7.69. The lowest BCUT2D eigenvalue weighted by molar-refractivity contribution is 0.0992. The van der Waals surface area contributed by atoms with Crippen molar-refractivity contribution < 1.29 is 13.9 Å². The number of aromatic nitrogens is 1. The van der Waals surface area contributed by atoms with E-state index in [2.05, 4.69) is 10.3 Å². The number of benzene rings is 2. The summed E-state index contributed by atoms with van der Waals surface area (Å²) >= 11 is 13.3. The number of rotatable bonds is 6. The van der Waals surface area contributed by atoms with E-state index in [1.165, 1.54) is 11.3 Å². The van der Waals surface area contributed by atoms with Gasteiger partial charge in [-0.3, -0.25) is 10.1 Å². The van der Waals surface area contributed by atoms with Gasteiger partial charge in [-0.05, 0) is 30.3 Å². The Morgan fingerprint density at radius 2 is 1.93 bits per heavy atom. The second kappa shape index (κ2) is 8.69. The van der Waals surface area contributed by atoms with Crippen LogP contribution in [0.25, 0.3) is 11.3 Å². The zero-order valence-electron chi connectivity index (χ0n) is 14.9. The van der Waals surface area contributed by atoms with Crippen molar-refractivity contribution >= 4 is 45.6 Å². The average Bonchev–Trinajstić information content (AvgIpc) is 3.38. The molecule has 1 amide bonds. The SMILES string of the molecule is O=C(Nc1nc(-c2ccccc2)cs1)c1ccc(COc2ccc(Cl)cc2Cl)o1. The van der Waals surface area contributed by atoms with Gasteiger partial charge < -0.3 is 9.15 Å². The summed E-state index contributed by atoms with van der Waals surface area (Å²) in [6.07, 6.45) is 0. The van der Waals surface area contributed by atoms with Crippen LogP contribution in [0.15, 0.2) is 70.5 Å². The molecule has 0 atom stereocenters. The minimum atomic E-state index is -0.380. The Morgan fingerprint density at radius 1 is 1.10 bits per heavy atom. The van der Waals surface area contributed by atoms with Crippen molar-refractivity contribution in [3.8, 4) is 17.0 Å². The quantitative estimate of drug-likeness (QED) is 0.366. The molecule has 2 heterocycles. The number of carbonyl (C=O) groups excluding carboxylic acids is 1. The van der Waals surface area contributed by atoms with Crippen molar-refractivity contribution in [1.82, 2.24) is 4.98 Å². The van der Waals surface area contributed by atoms with Crippen LogP contribution in [0.1, 0.15) is 16.3 Å². The molecule has 2 aromatic carbocycles. The lowest BCUT2D eigenvalue weighted by atomic mass is 10.2. The molecule has 146 valence electrons. The number of anilines is 1. The third-order valence-electron chi connectivity index (χ3n) is 3.94. The third-order valence-corrected chi connectivity index (χ3v) is 5.23. The number of halogens is 2. The molecule has 0 unspecified atom stereocenters. The highest BCUT2D eigenvalue weighted by molar-refractivity contribution is 7.14. The van der Waals surface area contributed by atoms with Crippen molar-refractivity contribution in [2.75, 3.05) is 5.32 Å². The van der Waals surface area contributed by atoms with Crippen molar-refractivity contribution in [1.29, 1.82) is 0 Å². The molecule has 0 aliphatic heterocycles. The molecule has 0 fully saturated rings. The van der Waals surface area contributed by atoms with Crippen molar-refractivity contribution in [3.05, 3.63) is 87.6 Å². The van der Waals surface area contributed by atoms with Gasteiger partial charge in [-0.15, -0.1) is 11.3 Å². The fourth-order valence-corrected chi connectivity index (χ4v) is 3.73. The van der Waals surface area contributed by atoms with E-state index < -0.39 is 0 Å². The number of nitrogens with zero attached hydrogens (tertiary/aromatic N) is 1. The smallest absolute Gasteiger partial charge is 0.293 e. The lowest BCUT2D eigenvalue weighted by Gasteiger charge is -2.06. The van der Waals surface area contributed by atoms with E-state index in [0.717, 1.165) is 11.3 Å². The van der Waals surface area contributed by atoms with Crippen LogP contribution < -0.4 is 10.1 Å². The summed E-state index contributed by atoms with van der Waals surface area (Å²) in [4.78, 5) is 16.9. The minimum absolute atomic E-state index is 0.129. The molecule has 0 aliphatic carbocycles. The molecule has 8 heteroatoms. The molecule has 4 rings (SSSR count). The van der Waals surface area contributed by atoms with Gasteiger partial charge in [0.15, 0.2) is 10.9 Å². The first-order chi connectivity index (χ1) is 14.1. The standard InChI is InChI=1S/C21H14Cl2N2O3S/c22-14-6-8-18(16(23)10-14)27-11-15-7-9-19(28-15)20(26)25-21-24-17(12-29-21)13-4-2-1-3-5-13/h1-10,12H,11H2,(H,24,25,26). The number of thiazole rings is 1. The van der Waals surface area contributed by atoms with E-state index in [1.54, 1.807) is 30.3 Å². The van der Waals surface area contributed by atoms with E-state index >= 15 is 0 Å². The van der Waals surface area contributed by atoms with Crippen molar-refractivity contribution in [2.24, 2.45) is 0 Å². The second-order valence-electron chi connectivity index (χ2n) is 5.99. The Labute approximate surface area is 180 Å². The molecular formula is C21H14Cl2N2O3S. The number of hydrogen-bond acceptors (Lipinski definition) is 5. The number of hydrogen-bond donors (Lipinski definition) is 1. The van der Waals surface area contributed by atoms with Gasteiger partial charge >= 0.3 is 0 Å². The summed E-state index contributed by atoms with van der Waals surface area (Å²) in [5.74, 6) is 0.761. The summed E-state index contributed by atoms with van der Waals surface area (Å²) < 4.78 is 11.2. The van der Waals surface area contributed by atoms with Crippen LogP contribution in [0.3, 0.4) is 0 Å². The minimum Gasteiger partial charge on any atom is -0.484 e. The lowest BCUT2D eigenvalue weighted by Crippen LogP contribution is -2.10. The highest BCUT2D eigenvalue weighted by Gasteiger charge is 2.14. The first-order valence-corrected chi connectivity index (χ1v) is 10.2. The van der Waals surface area contributed by atoms with E-state index in [0.29, 0.717) is 26.7 Å². The van der Waals surface area contributed by atoms with Crippen molar-refractivity contribution in [2.45, 2.75) is 6.61 Å². The number of amides is 1. The molecule has 0 saturated carbocycles. The molecule has 2 aromatic heterocycles. The zero-order chi connectivity index (χ0) is 20.2. The van der Waals surface area contributed by atoms with Crippen LogP contribution in [0, 0.1) is 0 Å². The molecule has 0 bridgehead atoms. The number of nitrogens with one attached hydrogen (secondary N) is 1. The monoisotopic (exact) mass is 444 g/mol. The van der Waals surface area contributed by atoms with Crippen LogP contribution in [0.4, 0.5) is 5.13 Å². The maximum Gasteiger partial charge on any atom is 0.293 e. The van der Waals surface area contributed by atoms with Gasteiger partial charge in [-0.1, -0.05) is 53.5 Å². The molecule has 4 aromatic rings. The normalized spacial score (nSPS) is 10.7. The fourth-order valence-electron chi connectivity index (χ4n) is 2.55. The molecule has 0 radical (unpaired) electrons. The van der Waals surface area contributed by atoms with Gasteiger partial charge in [0.1, 0.15) is 18.1 Å². The molecular weight excluding hydrogens is 431 g/mol. The summed E-state index contributed by atoms with van der Waals surface area (Å²) in [5, 5.41) is 6.06. The van der Waals surface area contributed by atoms with Crippen LogP contribution in [-0.2, 0) is 6.61 Å². The summed E-state index contributed by atoms with van der Waals surface area (Å²) in [5.41, 5.74) is 1.79. The molecule has 0 spiro atoms. The zero-order valence-corrected chi connectivity index (χ0v) is 17.2. The van der Waals surface area contributed by atoms with Gasteiger partial charge in [0.25, 0.3) is 5.91 Å². The fraction of sp³-hybridized carbons (Fsp3) is 0.0476. The van der Waals surface area contributed by atoms with Crippen LogP contribution in [0.5, 0.6) is 5.75 Å². The first-order valence-electron chi connectivity index (χ1n) is 8.57. The largest absolute Gasteiger partial charge is 0.484 e. The maximum atomic E-state index is 12.4. The number of furan rings is 1. The van der Waals surface area contributed by atoms with E-state index in [9.17, 15) is 4.79 Å². The van der Waals surface area contributed by atoms with Gasteiger partial charge in [0.2, 0.25) is 0 Å². The highest BCUT2D eigenvalue weighted by atomic mass is 35.5. The van der Waals surface area contributed by atoms with Crippen molar-refractivity contribution in [3.63, 3.8) is 0 Å². The van der Waals surface area contributed by atoms with Gasteiger partial charge in [-0.25, -0.2) is 4.98 Å². The van der Waals surface area contributed by atoms with Crippen LogP contribution >= 0.6 is 34.5 Å². The molecule has 5 nitrogen and oxygen atoms in total. The van der Waals surface area contributed by atoms with Crippen LogP contribution in [0.2, 0.25) is 10.0 Å². The van der Waals surface area contributed by atoms with E-state index in [1.807, 2.05) is 35.7 Å². The Hall–Kier alpha value is -2.80. The van der Waals surface area contributed by atoms with E-state index in [-0.39, 0.29) is 18.3 Å². The number of ether oxygens (including phenoxy) is 1. The summed E-state index contributed by atoms with van der Waals surface area (Å²) in [7, 11) is 0. The van der Waals surface area contributed by atoms with E-state index in [4.69, 9.17) is 32.4 Å². The first kappa shape index (κ1) is 19.5. The molecule has 1 N–H and O–H groups in total. The topological polar surface area (TPSA) is 64.4 Å². The highest BCUT2D eigenvalue weighted by Crippen LogP contribution is 2.28. The third kappa shape index (κ3) is 4.79. The Bertz CT molecular complexity index is 1140. The molecule has 0 saturated heterocycles. The van der Waals surface area contributed by atoms with Crippen LogP contribution in [-0.4, -0.2) is 10.9 Å². The Balaban J connectivity index is 1.38.